The van der Waals surface area contributed by atoms with Crippen LogP contribution in [0.2, 0.25) is 0 Å². The third-order valence-corrected chi connectivity index (χ3v) is 1.23. The average molecular weight is 133 g/mol. The number of hydrogen-bond acceptors (Lipinski definition) is 2. The summed E-state index contributed by atoms with van der Waals surface area (Å²) >= 11 is 0. The van der Waals surface area contributed by atoms with Crippen molar-refractivity contribution in [2.75, 3.05) is 5.73 Å². The largest absolute Gasteiger partial charge is 0.444 e. The van der Waals surface area contributed by atoms with Crippen LogP contribution in [-0.2, 0) is 11.3 Å². The van der Waals surface area contributed by atoms with Gasteiger partial charge in [0.25, 0.3) is 8.05 Å². The first-order valence-corrected chi connectivity index (χ1v) is 2.99. The normalized spacial score (nSPS) is 9.60. The van der Waals surface area contributed by atoms with Gasteiger partial charge in [-0.2, -0.15) is 0 Å². The van der Waals surface area contributed by atoms with E-state index in [0.717, 1.165) is 11.3 Å². The van der Waals surface area contributed by atoms with Crippen LogP contribution in [0.25, 0.3) is 0 Å². The van der Waals surface area contributed by atoms with Gasteiger partial charge in [0.05, 0.1) is 6.61 Å². The standard InChI is InChI=1S/C7H8BNO/c8-10-5-6-1-3-7(9)4-2-6/h1-4H,5,9H2. The molecule has 2 nitrogen and oxygen atoms in total. The molecule has 0 saturated heterocycles. The molecule has 2 radical (unpaired) electrons. The second-order valence-electron chi connectivity index (χ2n) is 2.05. The molecule has 0 bridgehead atoms. The van der Waals surface area contributed by atoms with Crippen molar-refractivity contribution in [1.82, 2.24) is 0 Å². The molecule has 0 aliphatic heterocycles. The monoisotopic (exact) mass is 133 g/mol. The van der Waals surface area contributed by atoms with Gasteiger partial charge in [-0.25, -0.2) is 0 Å². The van der Waals surface area contributed by atoms with Gasteiger partial charge in [0.15, 0.2) is 0 Å². The highest BCUT2D eigenvalue weighted by atomic mass is 16.4. The number of anilines is 1. The summed E-state index contributed by atoms with van der Waals surface area (Å²) < 4.78 is 4.43. The Bertz CT molecular complexity index is 197. The molecule has 0 saturated carbocycles. The molecule has 50 valence electrons. The van der Waals surface area contributed by atoms with Gasteiger partial charge in [0, 0.05) is 5.69 Å². The van der Waals surface area contributed by atoms with E-state index in [1.54, 1.807) is 0 Å². The molecule has 0 heterocycles. The minimum atomic E-state index is 0.431. The lowest BCUT2D eigenvalue weighted by Gasteiger charge is -1.98. The van der Waals surface area contributed by atoms with E-state index in [1.165, 1.54) is 0 Å². The minimum absolute atomic E-state index is 0.431. The molecule has 0 fully saturated rings. The van der Waals surface area contributed by atoms with Crippen LogP contribution in [0.15, 0.2) is 24.3 Å². The van der Waals surface area contributed by atoms with E-state index in [-0.39, 0.29) is 0 Å². The van der Waals surface area contributed by atoms with E-state index in [9.17, 15) is 0 Å². The maximum atomic E-state index is 5.45. The van der Waals surface area contributed by atoms with Crippen molar-refractivity contribution in [1.29, 1.82) is 0 Å². The lowest BCUT2D eigenvalue weighted by molar-refractivity contribution is 0.338. The molecule has 0 unspecified atom stereocenters. The highest BCUT2D eigenvalue weighted by molar-refractivity contribution is 5.97. The molecule has 0 spiro atoms. The lowest BCUT2D eigenvalue weighted by Crippen LogP contribution is -1.89. The molecule has 0 aliphatic rings. The third-order valence-electron chi connectivity index (χ3n) is 1.23. The zero-order valence-electron chi connectivity index (χ0n) is 5.58. The second kappa shape index (κ2) is 3.27. The van der Waals surface area contributed by atoms with Gasteiger partial charge in [-0.15, -0.1) is 0 Å². The number of benzene rings is 1. The summed E-state index contributed by atoms with van der Waals surface area (Å²) in [4.78, 5) is 0. The van der Waals surface area contributed by atoms with Gasteiger partial charge in [0.2, 0.25) is 0 Å². The number of nitrogens with two attached hydrogens (primary N) is 1. The Labute approximate surface area is 61.4 Å². The molecule has 2 N–H and O–H groups in total. The summed E-state index contributed by atoms with van der Waals surface area (Å²) in [5, 5.41) is 0. The van der Waals surface area contributed by atoms with E-state index < -0.39 is 0 Å². The van der Waals surface area contributed by atoms with E-state index in [1.807, 2.05) is 24.3 Å². The molecule has 0 aromatic heterocycles. The Morgan fingerprint density at radius 1 is 1.30 bits per heavy atom. The molecule has 0 atom stereocenters. The smallest absolute Gasteiger partial charge is 0.283 e. The van der Waals surface area contributed by atoms with Crippen LogP contribution in [0.1, 0.15) is 5.56 Å². The Morgan fingerprint density at radius 3 is 2.40 bits per heavy atom. The molecule has 3 heteroatoms. The van der Waals surface area contributed by atoms with Crippen LogP contribution in [0.3, 0.4) is 0 Å². The van der Waals surface area contributed by atoms with Crippen molar-refractivity contribution in [3.05, 3.63) is 29.8 Å². The van der Waals surface area contributed by atoms with Gasteiger partial charge in [-0.1, -0.05) is 12.1 Å². The maximum Gasteiger partial charge on any atom is 0.283 e. The summed E-state index contributed by atoms with van der Waals surface area (Å²) in [5.41, 5.74) is 7.23. The topological polar surface area (TPSA) is 35.2 Å². The predicted octanol–water partition coefficient (Wildman–Crippen LogP) is 0.869. The van der Waals surface area contributed by atoms with E-state index in [2.05, 4.69) is 4.65 Å². The van der Waals surface area contributed by atoms with Crippen molar-refractivity contribution in [2.24, 2.45) is 0 Å². The van der Waals surface area contributed by atoms with E-state index in [0.29, 0.717) is 6.61 Å². The summed E-state index contributed by atoms with van der Waals surface area (Å²) in [6.07, 6.45) is 0. The molecule has 1 rings (SSSR count). The van der Waals surface area contributed by atoms with Crippen molar-refractivity contribution < 1.29 is 4.65 Å². The fraction of sp³-hybridized carbons (Fsp3) is 0.143. The Kier molecular flexibility index (Phi) is 2.34. The molecule has 0 amide bonds. The summed E-state index contributed by atoms with van der Waals surface area (Å²) in [7, 11) is 4.87. The first-order valence-electron chi connectivity index (χ1n) is 2.99. The molecular weight excluding hydrogens is 125 g/mol. The predicted molar refractivity (Wildman–Crippen MR) is 41.4 cm³/mol. The summed E-state index contributed by atoms with van der Waals surface area (Å²) in [6, 6.07) is 7.38. The van der Waals surface area contributed by atoms with Crippen molar-refractivity contribution >= 4 is 13.7 Å². The highest BCUT2D eigenvalue weighted by Gasteiger charge is 1.88. The molecule has 0 aliphatic carbocycles. The molecule has 1 aromatic rings. The minimum Gasteiger partial charge on any atom is -0.444 e. The fourth-order valence-electron chi connectivity index (χ4n) is 0.710. The van der Waals surface area contributed by atoms with Crippen LogP contribution in [0.5, 0.6) is 0 Å². The Morgan fingerprint density at radius 2 is 1.90 bits per heavy atom. The number of nitrogen functional groups attached to an aromatic ring is 1. The highest BCUT2D eigenvalue weighted by Crippen LogP contribution is 2.05. The molecule has 10 heavy (non-hydrogen) atoms. The third kappa shape index (κ3) is 1.77. The zero-order chi connectivity index (χ0) is 7.40. The van der Waals surface area contributed by atoms with Gasteiger partial charge < -0.3 is 10.4 Å². The van der Waals surface area contributed by atoms with Gasteiger partial charge >= 0.3 is 0 Å². The van der Waals surface area contributed by atoms with E-state index >= 15 is 0 Å². The van der Waals surface area contributed by atoms with Gasteiger partial charge in [0.1, 0.15) is 0 Å². The second-order valence-corrected chi connectivity index (χ2v) is 2.05. The summed E-state index contributed by atoms with van der Waals surface area (Å²) in [5.74, 6) is 0. The van der Waals surface area contributed by atoms with Crippen molar-refractivity contribution in [2.45, 2.75) is 6.61 Å². The first-order chi connectivity index (χ1) is 4.83. The van der Waals surface area contributed by atoms with Crippen molar-refractivity contribution in [3.8, 4) is 0 Å². The maximum absolute atomic E-state index is 5.45. The van der Waals surface area contributed by atoms with Crippen LogP contribution in [-0.4, -0.2) is 8.05 Å². The van der Waals surface area contributed by atoms with Crippen LogP contribution < -0.4 is 5.73 Å². The van der Waals surface area contributed by atoms with Gasteiger partial charge in [-0.3, -0.25) is 0 Å². The quantitative estimate of drug-likeness (QED) is 0.479. The van der Waals surface area contributed by atoms with Crippen LogP contribution in [0, 0.1) is 0 Å². The van der Waals surface area contributed by atoms with Gasteiger partial charge in [-0.05, 0) is 17.7 Å². The molecule has 1 aromatic carbocycles. The number of rotatable bonds is 2. The van der Waals surface area contributed by atoms with Crippen LogP contribution >= 0.6 is 0 Å². The molecular formula is C7H8BNO. The van der Waals surface area contributed by atoms with Crippen molar-refractivity contribution in [3.63, 3.8) is 0 Å². The Balaban J connectivity index is 2.69. The summed E-state index contributed by atoms with van der Waals surface area (Å²) in [6.45, 7) is 0.431. The number of hydrogen-bond donors (Lipinski definition) is 1. The average Bonchev–Trinajstić information content (AvgIpc) is 1.95. The zero-order valence-corrected chi connectivity index (χ0v) is 5.58. The van der Waals surface area contributed by atoms with Crippen LogP contribution in [0.4, 0.5) is 5.69 Å². The lowest BCUT2D eigenvalue weighted by atomic mass is 10.2. The Hall–Kier alpha value is -0.955. The SMILES string of the molecule is [B]OCc1ccc(N)cc1. The van der Waals surface area contributed by atoms with E-state index in [4.69, 9.17) is 13.8 Å². The first kappa shape index (κ1) is 7.16. The fourth-order valence-corrected chi connectivity index (χ4v) is 0.710.